The van der Waals surface area contributed by atoms with Crippen molar-refractivity contribution in [2.75, 3.05) is 6.61 Å². The van der Waals surface area contributed by atoms with E-state index in [0.717, 1.165) is 0 Å². The Morgan fingerprint density at radius 3 is 2.40 bits per heavy atom. The van der Waals surface area contributed by atoms with Gasteiger partial charge in [0.05, 0.1) is 10.7 Å². The molecule has 15 heavy (non-hydrogen) atoms. The van der Waals surface area contributed by atoms with Gasteiger partial charge in [0.2, 0.25) is 0 Å². The van der Waals surface area contributed by atoms with Gasteiger partial charge in [-0.05, 0) is 12.1 Å². The Morgan fingerprint density at radius 2 is 1.87 bits per heavy atom. The number of carbonyl (C=O) groups is 1. The Kier molecular flexibility index (Phi) is 3.93. The summed E-state index contributed by atoms with van der Waals surface area (Å²) in [7, 11) is 0.398. The normalized spacial score (nSPS) is 10.7. The summed E-state index contributed by atoms with van der Waals surface area (Å²) in [4.78, 5) is 10.8. The van der Waals surface area contributed by atoms with Gasteiger partial charge in [-0.2, -0.15) is 8.42 Å². The first kappa shape index (κ1) is 11.8. The average molecular weight is 251 g/mol. The molecule has 0 aliphatic carbocycles. The van der Waals surface area contributed by atoms with E-state index in [1.807, 2.05) is 0 Å². The predicted octanol–water partition coefficient (Wildman–Crippen LogP) is 1.09. The number of benzene rings is 1. The first-order valence-corrected chi connectivity index (χ1v) is 6.05. The number of ether oxygens (including phenoxy) is 1. The van der Waals surface area contributed by atoms with E-state index >= 15 is 0 Å². The molecule has 0 radical (unpaired) electrons. The highest BCUT2D eigenvalue weighted by Gasteiger charge is 2.13. The number of carbonyl (C=O) groups excluding carboxylic acids is 1. The monoisotopic (exact) mass is 250 g/mol. The van der Waals surface area contributed by atoms with E-state index < -0.39 is 21.9 Å². The van der Waals surface area contributed by atoms with Gasteiger partial charge < -0.3 is 8.92 Å². The first-order chi connectivity index (χ1) is 6.97. The molecule has 0 unspecified atom stereocenters. The molecular formula is C8H7ClO5S. The SMILES string of the molecule is O=C(COc1ccccc1)OS(=O)(=O)Cl. The quantitative estimate of drug-likeness (QED) is 0.748. The lowest BCUT2D eigenvalue weighted by molar-refractivity contribution is -0.135. The van der Waals surface area contributed by atoms with E-state index in [1.165, 1.54) is 0 Å². The van der Waals surface area contributed by atoms with Crippen LogP contribution in [-0.2, 0) is 18.3 Å². The number of hydrogen-bond acceptors (Lipinski definition) is 5. The number of rotatable bonds is 4. The number of para-hydroxylation sites is 1. The van der Waals surface area contributed by atoms with Gasteiger partial charge in [0.1, 0.15) is 5.75 Å². The summed E-state index contributed by atoms with van der Waals surface area (Å²) < 4.78 is 29.4. The molecule has 0 spiro atoms. The van der Waals surface area contributed by atoms with E-state index in [-0.39, 0.29) is 0 Å². The van der Waals surface area contributed by atoms with E-state index in [2.05, 4.69) is 14.9 Å². The second-order valence-electron chi connectivity index (χ2n) is 2.45. The van der Waals surface area contributed by atoms with Crippen molar-refractivity contribution in [1.29, 1.82) is 0 Å². The van der Waals surface area contributed by atoms with Crippen molar-refractivity contribution in [3.63, 3.8) is 0 Å². The Balaban J connectivity index is 2.42. The van der Waals surface area contributed by atoms with Crippen LogP contribution < -0.4 is 4.74 Å². The van der Waals surface area contributed by atoms with E-state index in [0.29, 0.717) is 5.75 Å². The van der Waals surface area contributed by atoms with Crippen LogP contribution >= 0.6 is 10.7 Å². The van der Waals surface area contributed by atoms with Gasteiger partial charge in [-0.25, -0.2) is 4.79 Å². The summed E-state index contributed by atoms with van der Waals surface area (Å²) in [5.41, 5.74) is 0. The second-order valence-corrected chi connectivity index (χ2v) is 4.54. The van der Waals surface area contributed by atoms with Crippen molar-refractivity contribution in [2.24, 2.45) is 0 Å². The maximum atomic E-state index is 10.8. The van der Waals surface area contributed by atoms with E-state index in [1.54, 1.807) is 30.3 Å². The highest BCUT2D eigenvalue weighted by molar-refractivity contribution is 8.10. The van der Waals surface area contributed by atoms with Gasteiger partial charge in [0.25, 0.3) is 0 Å². The van der Waals surface area contributed by atoms with E-state index in [4.69, 9.17) is 4.74 Å². The molecule has 0 saturated carbocycles. The molecular weight excluding hydrogens is 244 g/mol. The minimum absolute atomic E-state index is 0.432. The minimum atomic E-state index is -4.29. The lowest BCUT2D eigenvalue weighted by Gasteiger charge is -2.03. The smallest absolute Gasteiger partial charge is 0.403 e. The maximum absolute atomic E-state index is 10.8. The third kappa shape index (κ3) is 5.24. The molecule has 0 aliphatic rings. The molecule has 82 valence electrons. The molecule has 0 heterocycles. The van der Waals surface area contributed by atoms with Crippen LogP contribution in [0.2, 0.25) is 0 Å². The van der Waals surface area contributed by atoms with Crippen LogP contribution in [0.4, 0.5) is 0 Å². The summed E-state index contributed by atoms with van der Waals surface area (Å²) >= 11 is 0. The molecule has 7 heteroatoms. The largest absolute Gasteiger partial charge is 0.482 e. The molecule has 5 nitrogen and oxygen atoms in total. The fraction of sp³-hybridized carbons (Fsp3) is 0.125. The van der Waals surface area contributed by atoms with Gasteiger partial charge in [-0.3, -0.25) is 0 Å². The summed E-state index contributed by atoms with van der Waals surface area (Å²) in [6.07, 6.45) is 0. The second kappa shape index (κ2) is 4.99. The molecule has 1 aromatic rings. The van der Waals surface area contributed by atoms with Gasteiger partial charge in [-0.1, -0.05) is 18.2 Å². The summed E-state index contributed by atoms with van der Waals surface area (Å²) in [6.45, 7) is -0.518. The van der Waals surface area contributed by atoms with Crippen LogP contribution in [0, 0.1) is 0 Å². The molecule has 0 amide bonds. The Morgan fingerprint density at radius 1 is 1.27 bits per heavy atom. The molecule has 0 N–H and O–H groups in total. The third-order valence-electron chi connectivity index (χ3n) is 1.29. The lowest BCUT2D eigenvalue weighted by Crippen LogP contribution is -2.16. The van der Waals surface area contributed by atoms with Crippen LogP contribution in [0.25, 0.3) is 0 Å². The highest BCUT2D eigenvalue weighted by atomic mass is 35.7. The lowest BCUT2D eigenvalue weighted by atomic mass is 10.3. The summed E-state index contributed by atoms with van der Waals surface area (Å²) in [6, 6.07) is 8.41. The topological polar surface area (TPSA) is 69.7 Å². The molecule has 0 atom stereocenters. The van der Waals surface area contributed by atoms with Crippen LogP contribution in [0.3, 0.4) is 0 Å². The zero-order valence-corrected chi connectivity index (χ0v) is 8.99. The fourth-order valence-electron chi connectivity index (χ4n) is 0.794. The standard InChI is InChI=1S/C8H7ClO5S/c9-15(11,12)14-8(10)6-13-7-4-2-1-3-5-7/h1-5H,6H2. The van der Waals surface area contributed by atoms with E-state index in [9.17, 15) is 13.2 Å². The van der Waals surface area contributed by atoms with Crippen molar-refractivity contribution < 1.29 is 22.1 Å². The van der Waals surface area contributed by atoms with Gasteiger partial charge >= 0.3 is 15.3 Å². The highest BCUT2D eigenvalue weighted by Crippen LogP contribution is 2.08. The minimum Gasteiger partial charge on any atom is -0.482 e. The van der Waals surface area contributed by atoms with Crippen LogP contribution in [-0.4, -0.2) is 21.0 Å². The Hall–Kier alpha value is -1.27. The molecule has 0 aromatic heterocycles. The summed E-state index contributed by atoms with van der Waals surface area (Å²) in [5.74, 6) is -0.643. The number of halogens is 1. The predicted molar refractivity (Wildman–Crippen MR) is 52.8 cm³/mol. The third-order valence-corrected chi connectivity index (χ3v) is 1.87. The van der Waals surface area contributed by atoms with Crippen LogP contribution in [0.1, 0.15) is 0 Å². The summed E-state index contributed by atoms with van der Waals surface area (Å²) in [5, 5.41) is 0. The molecule has 0 aliphatic heterocycles. The first-order valence-electron chi connectivity index (χ1n) is 3.82. The average Bonchev–Trinajstić information content (AvgIpc) is 2.14. The van der Waals surface area contributed by atoms with Crippen LogP contribution in [0.5, 0.6) is 5.75 Å². The van der Waals surface area contributed by atoms with Crippen molar-refractivity contribution >= 4 is 26.0 Å². The zero-order chi connectivity index (χ0) is 11.3. The Bertz CT molecular complexity index is 428. The molecule has 1 aromatic carbocycles. The molecule has 1 rings (SSSR count). The molecule has 0 saturated heterocycles. The van der Waals surface area contributed by atoms with Crippen molar-refractivity contribution in [1.82, 2.24) is 0 Å². The zero-order valence-electron chi connectivity index (χ0n) is 7.42. The van der Waals surface area contributed by atoms with Gasteiger partial charge in [0.15, 0.2) is 6.61 Å². The van der Waals surface area contributed by atoms with Crippen LogP contribution in [0.15, 0.2) is 30.3 Å². The number of hydrogen-bond donors (Lipinski definition) is 0. The molecule has 0 fully saturated rings. The Labute approximate surface area is 91.2 Å². The maximum Gasteiger partial charge on any atom is 0.403 e. The van der Waals surface area contributed by atoms with Gasteiger partial charge in [0, 0.05) is 0 Å². The fourth-order valence-corrected chi connectivity index (χ4v) is 1.27. The van der Waals surface area contributed by atoms with Crippen molar-refractivity contribution in [3.05, 3.63) is 30.3 Å². The van der Waals surface area contributed by atoms with Gasteiger partial charge in [-0.15, -0.1) is 0 Å². The van der Waals surface area contributed by atoms with Crippen molar-refractivity contribution in [2.45, 2.75) is 0 Å². The molecule has 0 bridgehead atoms. The van der Waals surface area contributed by atoms with Crippen molar-refractivity contribution in [3.8, 4) is 5.75 Å².